The number of unbranched alkanes of at least 4 members (excludes halogenated alkanes) is 1. The van der Waals surface area contributed by atoms with Gasteiger partial charge in [0.1, 0.15) is 5.82 Å². The second-order valence-corrected chi connectivity index (χ2v) is 6.59. The third-order valence-electron chi connectivity index (χ3n) is 3.57. The summed E-state index contributed by atoms with van der Waals surface area (Å²) in [7, 11) is 0. The molecule has 0 atom stereocenters. The number of amides is 2. The quantitative estimate of drug-likeness (QED) is 0.605. The summed E-state index contributed by atoms with van der Waals surface area (Å²) in [6, 6.07) is 10.5. The first-order valence-corrected chi connectivity index (χ1v) is 9.15. The van der Waals surface area contributed by atoms with Crippen LogP contribution in [0.1, 0.15) is 36.5 Å². The molecule has 0 radical (unpaired) electrons. The van der Waals surface area contributed by atoms with Crippen LogP contribution >= 0.6 is 23.8 Å². The summed E-state index contributed by atoms with van der Waals surface area (Å²) in [6.07, 6.45) is 2.11. The van der Waals surface area contributed by atoms with Crippen molar-refractivity contribution in [3.63, 3.8) is 0 Å². The lowest BCUT2D eigenvalue weighted by atomic mass is 10.2. The Bertz CT molecular complexity index is 861. The van der Waals surface area contributed by atoms with E-state index in [1.54, 1.807) is 24.3 Å². The van der Waals surface area contributed by atoms with Crippen molar-refractivity contribution in [1.82, 2.24) is 5.32 Å². The molecule has 5 nitrogen and oxygen atoms in total. The van der Waals surface area contributed by atoms with Crippen LogP contribution in [0.5, 0.6) is 0 Å². The predicted octanol–water partition coefficient (Wildman–Crippen LogP) is 4.73. The van der Waals surface area contributed by atoms with E-state index >= 15 is 0 Å². The van der Waals surface area contributed by atoms with Crippen molar-refractivity contribution in [3.8, 4) is 0 Å². The highest BCUT2D eigenvalue weighted by atomic mass is 35.5. The third kappa shape index (κ3) is 6.62. The van der Waals surface area contributed by atoms with Crippen LogP contribution in [0, 0.1) is 5.82 Å². The molecule has 8 heteroatoms. The molecule has 0 unspecified atom stereocenters. The van der Waals surface area contributed by atoms with Gasteiger partial charge in [-0.2, -0.15) is 0 Å². The van der Waals surface area contributed by atoms with E-state index in [0.717, 1.165) is 12.8 Å². The van der Waals surface area contributed by atoms with Gasteiger partial charge in [-0.3, -0.25) is 9.59 Å². The van der Waals surface area contributed by atoms with Crippen molar-refractivity contribution >= 4 is 52.1 Å². The van der Waals surface area contributed by atoms with Crippen LogP contribution in [0.2, 0.25) is 5.02 Å². The molecule has 0 fully saturated rings. The first kappa shape index (κ1) is 20.8. The highest BCUT2D eigenvalue weighted by Gasteiger charge is 2.10. The van der Waals surface area contributed by atoms with E-state index in [2.05, 4.69) is 16.0 Å². The summed E-state index contributed by atoms with van der Waals surface area (Å²) < 4.78 is 13.2. The van der Waals surface area contributed by atoms with E-state index in [-0.39, 0.29) is 21.9 Å². The average Bonchev–Trinajstić information content (AvgIpc) is 2.63. The van der Waals surface area contributed by atoms with Gasteiger partial charge in [0, 0.05) is 23.4 Å². The summed E-state index contributed by atoms with van der Waals surface area (Å²) in [5, 5.41) is 8.20. The Balaban J connectivity index is 1.99. The zero-order valence-corrected chi connectivity index (χ0v) is 16.2. The standard InChI is InChI=1S/C19H19ClFN3O2S/c1-2-3-7-17(25)24-19(27)23-13-6-4-5-12(10-13)18(26)22-14-8-9-16(21)15(20)11-14/h4-6,8-11H,2-3,7H2,1H3,(H,22,26)(H2,23,24,25,27). The Labute approximate surface area is 167 Å². The second kappa shape index (κ2) is 9.99. The Morgan fingerprint density at radius 2 is 1.85 bits per heavy atom. The van der Waals surface area contributed by atoms with E-state index in [1.807, 2.05) is 6.92 Å². The highest BCUT2D eigenvalue weighted by molar-refractivity contribution is 7.80. The maximum Gasteiger partial charge on any atom is 0.255 e. The molecule has 0 saturated heterocycles. The first-order valence-electron chi connectivity index (χ1n) is 8.36. The molecule has 0 aliphatic heterocycles. The van der Waals surface area contributed by atoms with E-state index in [0.29, 0.717) is 23.4 Å². The lowest BCUT2D eigenvalue weighted by Gasteiger charge is -2.11. The molecule has 2 aromatic carbocycles. The van der Waals surface area contributed by atoms with Crippen LogP contribution in [0.4, 0.5) is 15.8 Å². The number of carbonyl (C=O) groups excluding carboxylic acids is 2. The fourth-order valence-corrected chi connectivity index (χ4v) is 2.62. The van der Waals surface area contributed by atoms with E-state index in [9.17, 15) is 14.0 Å². The fraction of sp³-hybridized carbons (Fsp3) is 0.211. The Kier molecular flexibility index (Phi) is 7.69. The van der Waals surface area contributed by atoms with Crippen molar-refractivity contribution < 1.29 is 14.0 Å². The largest absolute Gasteiger partial charge is 0.332 e. The van der Waals surface area contributed by atoms with Gasteiger partial charge in [-0.15, -0.1) is 0 Å². The maximum absolute atomic E-state index is 13.2. The monoisotopic (exact) mass is 407 g/mol. The molecular formula is C19H19ClFN3O2S. The lowest BCUT2D eigenvalue weighted by Crippen LogP contribution is -2.33. The van der Waals surface area contributed by atoms with Gasteiger partial charge in [-0.05, 0) is 55.0 Å². The van der Waals surface area contributed by atoms with Gasteiger partial charge in [0.05, 0.1) is 5.02 Å². The normalized spacial score (nSPS) is 10.2. The molecule has 0 bridgehead atoms. The minimum atomic E-state index is -0.560. The minimum Gasteiger partial charge on any atom is -0.332 e. The maximum atomic E-state index is 13.2. The summed E-state index contributed by atoms with van der Waals surface area (Å²) in [4.78, 5) is 24.1. The lowest BCUT2D eigenvalue weighted by molar-refractivity contribution is -0.119. The number of halogens is 2. The van der Waals surface area contributed by atoms with Gasteiger partial charge in [-0.1, -0.05) is 31.0 Å². The molecular weight excluding hydrogens is 389 g/mol. The molecule has 2 aromatic rings. The molecule has 0 aromatic heterocycles. The van der Waals surface area contributed by atoms with Gasteiger partial charge in [0.25, 0.3) is 5.91 Å². The van der Waals surface area contributed by atoms with Gasteiger partial charge in [0.15, 0.2) is 5.11 Å². The zero-order valence-electron chi connectivity index (χ0n) is 14.6. The van der Waals surface area contributed by atoms with Crippen LogP contribution in [-0.2, 0) is 4.79 Å². The summed E-state index contributed by atoms with van der Waals surface area (Å²) >= 11 is 10.8. The predicted molar refractivity (Wildman–Crippen MR) is 110 cm³/mol. The average molecular weight is 408 g/mol. The van der Waals surface area contributed by atoms with Crippen LogP contribution in [0.15, 0.2) is 42.5 Å². The van der Waals surface area contributed by atoms with Gasteiger partial charge >= 0.3 is 0 Å². The van der Waals surface area contributed by atoms with Crippen molar-refractivity contribution in [2.24, 2.45) is 0 Å². The van der Waals surface area contributed by atoms with Crippen molar-refractivity contribution in [1.29, 1.82) is 0 Å². The summed E-state index contributed by atoms with van der Waals surface area (Å²) in [5.74, 6) is -1.11. The van der Waals surface area contributed by atoms with Gasteiger partial charge < -0.3 is 16.0 Å². The van der Waals surface area contributed by atoms with Crippen LogP contribution < -0.4 is 16.0 Å². The van der Waals surface area contributed by atoms with Crippen LogP contribution in [0.25, 0.3) is 0 Å². The Hall–Kier alpha value is -2.51. The van der Waals surface area contributed by atoms with Crippen LogP contribution in [-0.4, -0.2) is 16.9 Å². The number of benzene rings is 2. The number of anilines is 2. The molecule has 0 aliphatic carbocycles. The first-order chi connectivity index (χ1) is 12.9. The van der Waals surface area contributed by atoms with E-state index in [1.165, 1.54) is 18.2 Å². The molecule has 0 heterocycles. The number of hydrogen-bond acceptors (Lipinski definition) is 3. The minimum absolute atomic E-state index is 0.0765. The molecule has 27 heavy (non-hydrogen) atoms. The van der Waals surface area contributed by atoms with Crippen molar-refractivity contribution in [2.45, 2.75) is 26.2 Å². The summed E-state index contributed by atoms with van der Waals surface area (Å²) in [5.41, 5.74) is 1.30. The van der Waals surface area contributed by atoms with Crippen LogP contribution in [0.3, 0.4) is 0 Å². The fourth-order valence-electron chi connectivity index (χ4n) is 2.20. The molecule has 0 spiro atoms. The molecule has 2 amide bonds. The smallest absolute Gasteiger partial charge is 0.255 e. The topological polar surface area (TPSA) is 70.2 Å². The third-order valence-corrected chi connectivity index (χ3v) is 4.06. The van der Waals surface area contributed by atoms with Gasteiger partial charge in [0.2, 0.25) is 5.91 Å². The number of hydrogen-bond donors (Lipinski definition) is 3. The number of thiocarbonyl (C=S) groups is 1. The van der Waals surface area contributed by atoms with E-state index in [4.69, 9.17) is 23.8 Å². The zero-order chi connectivity index (χ0) is 19.8. The number of rotatable bonds is 6. The Morgan fingerprint density at radius 1 is 1.11 bits per heavy atom. The van der Waals surface area contributed by atoms with E-state index < -0.39 is 5.82 Å². The molecule has 142 valence electrons. The second-order valence-electron chi connectivity index (χ2n) is 5.77. The molecule has 2 rings (SSSR count). The number of carbonyl (C=O) groups is 2. The Morgan fingerprint density at radius 3 is 2.56 bits per heavy atom. The highest BCUT2D eigenvalue weighted by Crippen LogP contribution is 2.20. The molecule has 0 aliphatic rings. The summed E-state index contributed by atoms with van der Waals surface area (Å²) in [6.45, 7) is 2.00. The SMILES string of the molecule is CCCCC(=O)NC(=S)Nc1cccc(C(=O)Nc2ccc(F)c(Cl)c2)c1. The van der Waals surface area contributed by atoms with Crippen molar-refractivity contribution in [2.75, 3.05) is 10.6 Å². The van der Waals surface area contributed by atoms with Gasteiger partial charge in [-0.25, -0.2) is 4.39 Å². The molecule has 0 saturated carbocycles. The molecule has 3 N–H and O–H groups in total. The van der Waals surface area contributed by atoms with Crippen molar-refractivity contribution in [3.05, 3.63) is 58.9 Å². The number of nitrogens with one attached hydrogen (secondary N) is 3.